The molecule has 2 unspecified atom stereocenters. The van der Waals surface area contributed by atoms with Crippen molar-refractivity contribution < 1.29 is 14.3 Å². The van der Waals surface area contributed by atoms with E-state index in [0.29, 0.717) is 35.9 Å². The van der Waals surface area contributed by atoms with Gasteiger partial charge in [-0.3, -0.25) is 0 Å². The third-order valence-corrected chi connectivity index (χ3v) is 6.39. The Bertz CT molecular complexity index is 930. The average molecular weight is 453 g/mol. The monoisotopic (exact) mass is 452 g/mol. The van der Waals surface area contributed by atoms with Crippen molar-refractivity contribution in [2.45, 2.75) is 52.1 Å². The van der Waals surface area contributed by atoms with E-state index in [0.717, 1.165) is 16.8 Å². The minimum absolute atomic E-state index is 0.0970. The molecule has 2 aromatic carbocycles. The molecular formula is C23H27Cl2FN2O2. The smallest absolute Gasteiger partial charge is 0.407 e. The Morgan fingerprint density at radius 2 is 1.93 bits per heavy atom. The van der Waals surface area contributed by atoms with Gasteiger partial charge in [0, 0.05) is 24.3 Å². The molecule has 3 rings (SSSR count). The third kappa shape index (κ3) is 5.38. The Labute approximate surface area is 187 Å². The molecule has 7 heteroatoms. The topological polar surface area (TPSA) is 52.6 Å². The SMILES string of the molecule is CC(C)(C)C1CC(Nc2ccc(F)cc2Cc2ccc(Cl)c(Cl)c2)CCN1C(=O)O. The van der Waals surface area contributed by atoms with Crippen molar-refractivity contribution in [3.63, 3.8) is 0 Å². The summed E-state index contributed by atoms with van der Waals surface area (Å²) in [5.74, 6) is -0.302. The first kappa shape index (κ1) is 22.7. The highest BCUT2D eigenvalue weighted by atomic mass is 35.5. The number of nitrogens with one attached hydrogen (secondary N) is 1. The number of nitrogens with zero attached hydrogens (tertiary/aromatic N) is 1. The van der Waals surface area contributed by atoms with Crippen LogP contribution < -0.4 is 5.32 Å². The fourth-order valence-electron chi connectivity index (χ4n) is 4.09. The number of hydrogen-bond donors (Lipinski definition) is 2. The van der Waals surface area contributed by atoms with Crippen LogP contribution in [0.25, 0.3) is 0 Å². The number of likely N-dealkylation sites (tertiary alicyclic amines) is 1. The van der Waals surface area contributed by atoms with Crippen LogP contribution in [0.3, 0.4) is 0 Å². The molecule has 2 aromatic rings. The Morgan fingerprint density at radius 1 is 1.20 bits per heavy atom. The highest BCUT2D eigenvalue weighted by molar-refractivity contribution is 6.42. The zero-order chi connectivity index (χ0) is 22.1. The van der Waals surface area contributed by atoms with E-state index in [2.05, 4.69) is 26.1 Å². The van der Waals surface area contributed by atoms with Crippen molar-refractivity contribution in [1.29, 1.82) is 0 Å². The number of amides is 1. The lowest BCUT2D eigenvalue weighted by Crippen LogP contribution is -2.54. The van der Waals surface area contributed by atoms with Gasteiger partial charge in [-0.05, 0) is 66.1 Å². The van der Waals surface area contributed by atoms with Gasteiger partial charge in [0.05, 0.1) is 10.0 Å². The molecule has 1 heterocycles. The van der Waals surface area contributed by atoms with Crippen LogP contribution in [0.2, 0.25) is 10.0 Å². The highest BCUT2D eigenvalue weighted by Crippen LogP contribution is 2.34. The maximum Gasteiger partial charge on any atom is 0.407 e. The fourth-order valence-corrected chi connectivity index (χ4v) is 4.41. The Balaban J connectivity index is 1.81. The lowest BCUT2D eigenvalue weighted by Gasteiger charge is -2.45. The van der Waals surface area contributed by atoms with Crippen LogP contribution in [-0.4, -0.2) is 34.7 Å². The van der Waals surface area contributed by atoms with Crippen LogP contribution in [0.15, 0.2) is 36.4 Å². The Hall–Kier alpha value is -1.98. The number of hydrogen-bond acceptors (Lipinski definition) is 2. The summed E-state index contributed by atoms with van der Waals surface area (Å²) in [6, 6.07) is 10.1. The molecule has 0 saturated carbocycles. The lowest BCUT2D eigenvalue weighted by molar-refractivity contribution is 0.0557. The molecule has 0 spiro atoms. The summed E-state index contributed by atoms with van der Waals surface area (Å²) >= 11 is 12.1. The van der Waals surface area contributed by atoms with E-state index >= 15 is 0 Å². The zero-order valence-electron chi connectivity index (χ0n) is 17.4. The molecule has 0 aromatic heterocycles. The van der Waals surface area contributed by atoms with Gasteiger partial charge in [-0.2, -0.15) is 0 Å². The summed E-state index contributed by atoms with van der Waals surface area (Å²) in [6.07, 6.45) is 1.02. The van der Waals surface area contributed by atoms with Gasteiger partial charge in [-0.25, -0.2) is 9.18 Å². The lowest BCUT2D eigenvalue weighted by atomic mass is 9.79. The number of rotatable bonds is 4. The second-order valence-corrected chi connectivity index (χ2v) is 9.76. The van der Waals surface area contributed by atoms with Crippen molar-refractivity contribution in [2.75, 3.05) is 11.9 Å². The minimum Gasteiger partial charge on any atom is -0.465 e. The highest BCUT2D eigenvalue weighted by Gasteiger charge is 2.38. The van der Waals surface area contributed by atoms with Crippen LogP contribution in [0.4, 0.5) is 14.9 Å². The molecule has 1 fully saturated rings. The van der Waals surface area contributed by atoms with Crippen molar-refractivity contribution in [2.24, 2.45) is 5.41 Å². The molecule has 2 N–H and O–H groups in total. The summed E-state index contributed by atoms with van der Waals surface area (Å²) < 4.78 is 14.0. The van der Waals surface area contributed by atoms with E-state index in [-0.39, 0.29) is 23.3 Å². The summed E-state index contributed by atoms with van der Waals surface area (Å²) in [5, 5.41) is 14.1. The maximum atomic E-state index is 14.0. The Morgan fingerprint density at radius 3 is 2.57 bits per heavy atom. The third-order valence-electron chi connectivity index (χ3n) is 5.65. The van der Waals surface area contributed by atoms with Crippen molar-refractivity contribution >= 4 is 35.0 Å². The molecule has 30 heavy (non-hydrogen) atoms. The van der Waals surface area contributed by atoms with Gasteiger partial charge >= 0.3 is 6.09 Å². The van der Waals surface area contributed by atoms with E-state index in [1.54, 1.807) is 23.1 Å². The number of carboxylic acid groups (broad SMARTS) is 1. The average Bonchev–Trinajstić information content (AvgIpc) is 2.66. The molecule has 1 aliphatic heterocycles. The maximum absolute atomic E-state index is 14.0. The van der Waals surface area contributed by atoms with Gasteiger partial charge in [0.15, 0.2) is 0 Å². The number of carbonyl (C=O) groups is 1. The standard InChI is InChI=1S/C23H27Cl2FN2O2/c1-23(2,3)21-13-17(8-9-28(21)22(29)30)27-20-7-5-16(26)12-15(20)10-14-4-6-18(24)19(25)11-14/h4-7,11-12,17,21,27H,8-10,13H2,1-3H3,(H,29,30). The summed E-state index contributed by atoms with van der Waals surface area (Å²) in [6.45, 7) is 6.65. The fraction of sp³-hybridized carbons (Fsp3) is 0.435. The van der Waals surface area contributed by atoms with Gasteiger partial charge in [0.2, 0.25) is 0 Å². The Kier molecular flexibility index (Phi) is 6.83. The predicted octanol–water partition coefficient (Wildman–Crippen LogP) is 6.69. The first-order valence-electron chi connectivity index (χ1n) is 10.0. The molecule has 0 bridgehead atoms. The zero-order valence-corrected chi connectivity index (χ0v) is 18.9. The molecular weight excluding hydrogens is 426 g/mol. The molecule has 2 atom stereocenters. The molecule has 1 amide bonds. The molecule has 162 valence electrons. The molecule has 0 radical (unpaired) electrons. The van der Waals surface area contributed by atoms with E-state index in [4.69, 9.17) is 23.2 Å². The van der Waals surface area contributed by atoms with Crippen LogP contribution in [-0.2, 0) is 6.42 Å². The first-order valence-corrected chi connectivity index (χ1v) is 10.8. The minimum atomic E-state index is -0.879. The second-order valence-electron chi connectivity index (χ2n) is 8.95. The van der Waals surface area contributed by atoms with Gasteiger partial charge in [-0.15, -0.1) is 0 Å². The van der Waals surface area contributed by atoms with E-state index in [1.807, 2.05) is 6.07 Å². The van der Waals surface area contributed by atoms with Crippen LogP contribution in [0.5, 0.6) is 0 Å². The van der Waals surface area contributed by atoms with Crippen LogP contribution in [0, 0.1) is 11.2 Å². The van der Waals surface area contributed by atoms with E-state index in [1.165, 1.54) is 12.1 Å². The van der Waals surface area contributed by atoms with Gasteiger partial charge in [-0.1, -0.05) is 50.0 Å². The second kappa shape index (κ2) is 9.03. The molecule has 1 saturated heterocycles. The summed E-state index contributed by atoms with van der Waals surface area (Å²) in [7, 11) is 0. The van der Waals surface area contributed by atoms with Crippen LogP contribution in [0.1, 0.15) is 44.7 Å². The quantitative estimate of drug-likeness (QED) is 0.542. The molecule has 1 aliphatic rings. The summed E-state index contributed by atoms with van der Waals surface area (Å²) in [4.78, 5) is 13.2. The van der Waals surface area contributed by atoms with Crippen molar-refractivity contribution in [1.82, 2.24) is 4.90 Å². The first-order chi connectivity index (χ1) is 14.0. The number of benzene rings is 2. The van der Waals surface area contributed by atoms with Gasteiger partial charge in [0.25, 0.3) is 0 Å². The number of anilines is 1. The van der Waals surface area contributed by atoms with Gasteiger partial charge < -0.3 is 15.3 Å². The molecule has 0 aliphatic carbocycles. The van der Waals surface area contributed by atoms with Gasteiger partial charge in [0.1, 0.15) is 5.82 Å². The van der Waals surface area contributed by atoms with E-state index in [9.17, 15) is 14.3 Å². The van der Waals surface area contributed by atoms with E-state index < -0.39 is 6.09 Å². The number of piperidine rings is 1. The number of halogens is 3. The van der Waals surface area contributed by atoms with Crippen molar-refractivity contribution in [3.8, 4) is 0 Å². The predicted molar refractivity (Wildman–Crippen MR) is 120 cm³/mol. The normalized spacial score (nSPS) is 19.6. The van der Waals surface area contributed by atoms with Crippen LogP contribution >= 0.6 is 23.2 Å². The van der Waals surface area contributed by atoms with Crippen molar-refractivity contribution in [3.05, 3.63) is 63.4 Å². The molecule has 4 nitrogen and oxygen atoms in total. The largest absolute Gasteiger partial charge is 0.465 e. The summed E-state index contributed by atoms with van der Waals surface area (Å²) in [5.41, 5.74) is 2.43.